The zero-order chi connectivity index (χ0) is 13.7. The van der Waals surface area contributed by atoms with E-state index in [4.69, 9.17) is 0 Å². The average molecular weight is 259 g/mol. The highest BCUT2D eigenvalue weighted by molar-refractivity contribution is 5.90. The van der Waals surface area contributed by atoms with Gasteiger partial charge in [-0.25, -0.2) is 0 Å². The van der Waals surface area contributed by atoms with Crippen molar-refractivity contribution >= 4 is 5.91 Å². The van der Waals surface area contributed by atoms with Crippen LogP contribution in [0.3, 0.4) is 0 Å². The summed E-state index contributed by atoms with van der Waals surface area (Å²) in [6, 6.07) is 9.99. The number of hydrogen-bond acceptors (Lipinski definition) is 4. The van der Waals surface area contributed by atoms with E-state index in [1.807, 2.05) is 44.2 Å². The van der Waals surface area contributed by atoms with Crippen molar-refractivity contribution in [1.82, 2.24) is 25.5 Å². The van der Waals surface area contributed by atoms with Gasteiger partial charge in [0.05, 0.1) is 0 Å². The van der Waals surface area contributed by atoms with Crippen molar-refractivity contribution in [3.63, 3.8) is 0 Å². The molecule has 19 heavy (non-hydrogen) atoms. The Hall–Kier alpha value is -2.24. The first-order chi connectivity index (χ1) is 9.22. The molecular weight excluding hydrogens is 242 g/mol. The Bertz CT molecular complexity index is 511. The van der Waals surface area contributed by atoms with E-state index in [0.717, 1.165) is 12.0 Å². The Kier molecular flexibility index (Phi) is 4.22. The van der Waals surface area contributed by atoms with Crippen LogP contribution >= 0.6 is 0 Å². The smallest absolute Gasteiger partial charge is 0.296 e. The molecule has 0 bridgehead atoms. The zero-order valence-corrected chi connectivity index (χ0v) is 11.1. The number of benzene rings is 1. The summed E-state index contributed by atoms with van der Waals surface area (Å²) in [5, 5.41) is 13.3. The van der Waals surface area contributed by atoms with Gasteiger partial charge in [-0.1, -0.05) is 37.3 Å². The van der Waals surface area contributed by atoms with Crippen LogP contribution in [0.25, 0.3) is 0 Å². The fraction of sp³-hybridized carbons (Fsp3) is 0.385. The molecule has 2 rings (SSSR count). The predicted octanol–water partition coefficient (Wildman–Crippen LogP) is 1.64. The van der Waals surface area contributed by atoms with Crippen LogP contribution in [0, 0.1) is 0 Å². The van der Waals surface area contributed by atoms with Crippen molar-refractivity contribution in [2.75, 3.05) is 0 Å². The fourth-order valence-electron chi connectivity index (χ4n) is 1.81. The molecule has 6 nitrogen and oxygen atoms in total. The van der Waals surface area contributed by atoms with Crippen LogP contribution in [0.4, 0.5) is 0 Å². The Morgan fingerprint density at radius 3 is 2.68 bits per heavy atom. The van der Waals surface area contributed by atoms with Crippen molar-refractivity contribution in [2.24, 2.45) is 0 Å². The second kappa shape index (κ2) is 6.08. The maximum atomic E-state index is 12.4. The van der Waals surface area contributed by atoms with Crippen LogP contribution in [0.1, 0.15) is 36.5 Å². The van der Waals surface area contributed by atoms with Gasteiger partial charge in [-0.3, -0.25) is 4.79 Å². The maximum absolute atomic E-state index is 12.4. The molecule has 0 saturated carbocycles. The summed E-state index contributed by atoms with van der Waals surface area (Å²) in [4.78, 5) is 14.1. The number of amides is 1. The SMILES string of the molecule is CCC(C)N(Cc1ccccc1)C(=O)c1nn[nH]n1. The highest BCUT2D eigenvalue weighted by Crippen LogP contribution is 2.13. The first-order valence-electron chi connectivity index (χ1n) is 6.30. The molecule has 0 radical (unpaired) electrons. The summed E-state index contributed by atoms with van der Waals surface area (Å²) >= 11 is 0. The topological polar surface area (TPSA) is 74.8 Å². The van der Waals surface area contributed by atoms with E-state index >= 15 is 0 Å². The number of nitrogens with one attached hydrogen (secondary N) is 1. The van der Waals surface area contributed by atoms with Crippen LogP contribution in [0.15, 0.2) is 30.3 Å². The molecule has 2 aromatic rings. The van der Waals surface area contributed by atoms with E-state index in [9.17, 15) is 4.79 Å². The summed E-state index contributed by atoms with van der Waals surface area (Å²) in [5.74, 6) is -0.0943. The van der Waals surface area contributed by atoms with Gasteiger partial charge in [0, 0.05) is 12.6 Å². The zero-order valence-electron chi connectivity index (χ0n) is 11.1. The Labute approximate surface area is 111 Å². The summed E-state index contributed by atoms with van der Waals surface area (Å²) < 4.78 is 0. The van der Waals surface area contributed by atoms with E-state index in [1.54, 1.807) is 4.90 Å². The molecule has 0 aliphatic heterocycles. The average Bonchev–Trinajstić information content (AvgIpc) is 2.98. The Balaban J connectivity index is 2.19. The number of tetrazole rings is 1. The molecule has 0 saturated heterocycles. The number of H-pyrrole nitrogens is 1. The molecule has 0 fully saturated rings. The molecule has 1 atom stereocenters. The van der Waals surface area contributed by atoms with Gasteiger partial charge in [-0.15, -0.1) is 10.2 Å². The minimum absolute atomic E-state index is 0.108. The van der Waals surface area contributed by atoms with Crippen LogP contribution in [-0.2, 0) is 6.54 Å². The number of hydrogen-bond donors (Lipinski definition) is 1. The Morgan fingerprint density at radius 1 is 1.37 bits per heavy atom. The van der Waals surface area contributed by atoms with Crippen molar-refractivity contribution in [3.8, 4) is 0 Å². The van der Waals surface area contributed by atoms with Gasteiger partial charge in [0.2, 0.25) is 0 Å². The molecule has 1 N–H and O–H groups in total. The van der Waals surface area contributed by atoms with Gasteiger partial charge in [0.25, 0.3) is 11.7 Å². The monoisotopic (exact) mass is 259 g/mol. The first kappa shape index (κ1) is 13.2. The van der Waals surface area contributed by atoms with Gasteiger partial charge in [0.15, 0.2) is 0 Å². The molecule has 1 unspecified atom stereocenters. The molecule has 0 aliphatic rings. The second-order valence-corrected chi connectivity index (χ2v) is 4.41. The number of rotatable bonds is 5. The quantitative estimate of drug-likeness (QED) is 0.885. The van der Waals surface area contributed by atoms with Crippen LogP contribution in [0.2, 0.25) is 0 Å². The fourth-order valence-corrected chi connectivity index (χ4v) is 1.81. The van der Waals surface area contributed by atoms with E-state index in [-0.39, 0.29) is 17.8 Å². The number of carbonyl (C=O) groups excluding carboxylic acids is 1. The molecule has 0 aliphatic carbocycles. The van der Waals surface area contributed by atoms with Gasteiger partial charge in [0.1, 0.15) is 0 Å². The molecule has 1 aromatic heterocycles. The molecule has 6 heteroatoms. The van der Waals surface area contributed by atoms with Crippen molar-refractivity contribution < 1.29 is 4.79 Å². The van der Waals surface area contributed by atoms with E-state index in [2.05, 4.69) is 20.6 Å². The lowest BCUT2D eigenvalue weighted by molar-refractivity contribution is 0.0659. The number of carbonyl (C=O) groups is 1. The van der Waals surface area contributed by atoms with Gasteiger partial charge in [-0.2, -0.15) is 5.21 Å². The van der Waals surface area contributed by atoms with Crippen molar-refractivity contribution in [2.45, 2.75) is 32.9 Å². The predicted molar refractivity (Wildman–Crippen MR) is 70.2 cm³/mol. The highest BCUT2D eigenvalue weighted by Gasteiger charge is 2.23. The maximum Gasteiger partial charge on any atom is 0.296 e. The Morgan fingerprint density at radius 2 is 2.11 bits per heavy atom. The van der Waals surface area contributed by atoms with E-state index in [1.165, 1.54) is 0 Å². The standard InChI is InChI=1S/C13H17N5O/c1-3-10(2)18(9-11-7-5-4-6-8-11)13(19)12-14-16-17-15-12/h4-8,10H,3,9H2,1-2H3,(H,14,15,16,17). The third-order valence-electron chi connectivity index (χ3n) is 3.12. The van der Waals surface area contributed by atoms with Crippen LogP contribution in [-0.4, -0.2) is 37.5 Å². The number of aromatic amines is 1. The summed E-state index contributed by atoms with van der Waals surface area (Å²) in [7, 11) is 0. The van der Waals surface area contributed by atoms with Crippen molar-refractivity contribution in [3.05, 3.63) is 41.7 Å². The molecule has 1 aromatic carbocycles. The number of nitrogens with zero attached hydrogens (tertiary/aromatic N) is 4. The third kappa shape index (κ3) is 3.15. The third-order valence-corrected chi connectivity index (χ3v) is 3.12. The van der Waals surface area contributed by atoms with Gasteiger partial charge in [-0.05, 0) is 24.1 Å². The van der Waals surface area contributed by atoms with Crippen LogP contribution < -0.4 is 0 Å². The first-order valence-corrected chi connectivity index (χ1v) is 6.30. The molecular formula is C13H17N5O. The van der Waals surface area contributed by atoms with Gasteiger partial charge < -0.3 is 4.90 Å². The van der Waals surface area contributed by atoms with E-state index in [0.29, 0.717) is 6.54 Å². The molecule has 0 spiro atoms. The number of aromatic nitrogens is 4. The molecule has 1 amide bonds. The summed E-state index contributed by atoms with van der Waals surface area (Å²) in [5.41, 5.74) is 1.08. The lowest BCUT2D eigenvalue weighted by atomic mass is 10.1. The highest BCUT2D eigenvalue weighted by atomic mass is 16.2. The van der Waals surface area contributed by atoms with Crippen LogP contribution in [0.5, 0.6) is 0 Å². The minimum Gasteiger partial charge on any atom is -0.329 e. The minimum atomic E-state index is -0.202. The van der Waals surface area contributed by atoms with Crippen molar-refractivity contribution in [1.29, 1.82) is 0 Å². The summed E-state index contributed by atoms with van der Waals surface area (Å²) in [6.45, 7) is 4.61. The lowest BCUT2D eigenvalue weighted by Crippen LogP contribution is -2.38. The molecule has 1 heterocycles. The lowest BCUT2D eigenvalue weighted by Gasteiger charge is -2.27. The van der Waals surface area contributed by atoms with Gasteiger partial charge >= 0.3 is 0 Å². The normalized spacial score (nSPS) is 12.1. The summed E-state index contributed by atoms with van der Waals surface area (Å²) in [6.07, 6.45) is 0.871. The second-order valence-electron chi connectivity index (χ2n) is 4.41. The molecule has 100 valence electrons. The largest absolute Gasteiger partial charge is 0.329 e. The van der Waals surface area contributed by atoms with E-state index < -0.39 is 0 Å².